The number of likely N-dealkylation sites (tertiary alicyclic amines) is 1. The number of nitrogens with one attached hydrogen (secondary N) is 1. The van der Waals surface area contributed by atoms with Crippen LogP contribution in [0.15, 0.2) is 0 Å². The molecule has 1 aliphatic carbocycles. The number of rotatable bonds is 7. The van der Waals surface area contributed by atoms with Gasteiger partial charge in [0, 0.05) is 25.2 Å². The standard InChI is InChI=1S/C16H32N2O/c1-2-17-16-10-4-3-7-14(16)13-18-11-5-8-15(18)9-6-12-19/h14-17,19H,2-13H2,1H3. The fourth-order valence-electron chi connectivity index (χ4n) is 4.05. The van der Waals surface area contributed by atoms with Crippen LogP contribution >= 0.6 is 0 Å². The van der Waals surface area contributed by atoms with Crippen molar-refractivity contribution in [2.24, 2.45) is 5.92 Å². The summed E-state index contributed by atoms with van der Waals surface area (Å²) in [6.45, 7) is 6.26. The highest BCUT2D eigenvalue weighted by Gasteiger charge is 2.30. The van der Waals surface area contributed by atoms with Crippen LogP contribution in [0.1, 0.15) is 58.3 Å². The van der Waals surface area contributed by atoms with Crippen molar-refractivity contribution in [1.29, 1.82) is 0 Å². The molecule has 0 aromatic heterocycles. The quantitative estimate of drug-likeness (QED) is 0.744. The van der Waals surface area contributed by atoms with Gasteiger partial charge >= 0.3 is 0 Å². The second kappa shape index (κ2) is 8.23. The van der Waals surface area contributed by atoms with Gasteiger partial charge in [0.1, 0.15) is 0 Å². The van der Waals surface area contributed by atoms with Gasteiger partial charge in [0.05, 0.1) is 0 Å². The van der Waals surface area contributed by atoms with E-state index >= 15 is 0 Å². The van der Waals surface area contributed by atoms with E-state index in [0.29, 0.717) is 6.61 Å². The molecule has 2 rings (SSSR count). The highest BCUT2D eigenvalue weighted by atomic mass is 16.2. The lowest BCUT2D eigenvalue weighted by molar-refractivity contribution is 0.148. The van der Waals surface area contributed by atoms with Gasteiger partial charge in [-0.3, -0.25) is 0 Å². The minimum atomic E-state index is 0.355. The van der Waals surface area contributed by atoms with Crippen LogP contribution in [-0.4, -0.2) is 48.3 Å². The molecule has 2 aliphatic rings. The Balaban J connectivity index is 1.83. The molecule has 3 heteroatoms. The molecule has 112 valence electrons. The average molecular weight is 268 g/mol. The van der Waals surface area contributed by atoms with E-state index in [1.807, 2.05) is 0 Å². The van der Waals surface area contributed by atoms with Crippen molar-refractivity contribution in [3.05, 3.63) is 0 Å². The summed E-state index contributed by atoms with van der Waals surface area (Å²) >= 11 is 0. The zero-order valence-corrected chi connectivity index (χ0v) is 12.6. The summed E-state index contributed by atoms with van der Waals surface area (Å²) in [5.74, 6) is 0.850. The molecule has 2 N–H and O–H groups in total. The monoisotopic (exact) mass is 268 g/mol. The lowest BCUT2D eigenvalue weighted by Crippen LogP contribution is -2.45. The first-order chi connectivity index (χ1) is 9.35. The van der Waals surface area contributed by atoms with E-state index < -0.39 is 0 Å². The number of hydrogen-bond acceptors (Lipinski definition) is 3. The van der Waals surface area contributed by atoms with Crippen LogP contribution in [-0.2, 0) is 0 Å². The van der Waals surface area contributed by atoms with E-state index in [4.69, 9.17) is 5.11 Å². The molecule has 0 spiro atoms. The van der Waals surface area contributed by atoms with Crippen molar-refractivity contribution >= 4 is 0 Å². The van der Waals surface area contributed by atoms with Gasteiger partial charge in [-0.25, -0.2) is 0 Å². The first-order valence-corrected chi connectivity index (χ1v) is 8.43. The summed E-state index contributed by atoms with van der Waals surface area (Å²) in [6, 6.07) is 1.49. The Morgan fingerprint density at radius 2 is 2.00 bits per heavy atom. The van der Waals surface area contributed by atoms with Gasteiger partial charge in [0.25, 0.3) is 0 Å². The van der Waals surface area contributed by atoms with Gasteiger partial charge in [-0.15, -0.1) is 0 Å². The Labute approximate surface area is 118 Å². The maximum absolute atomic E-state index is 9.02. The van der Waals surface area contributed by atoms with Crippen LogP contribution in [0.4, 0.5) is 0 Å². The molecule has 1 saturated heterocycles. The lowest BCUT2D eigenvalue weighted by Gasteiger charge is -2.36. The Morgan fingerprint density at radius 1 is 1.16 bits per heavy atom. The Bertz CT molecular complexity index is 245. The normalized spacial score (nSPS) is 32.8. The van der Waals surface area contributed by atoms with Crippen molar-refractivity contribution in [2.45, 2.75) is 70.4 Å². The molecule has 3 atom stereocenters. The lowest BCUT2D eigenvalue weighted by atomic mass is 9.84. The molecule has 1 heterocycles. The zero-order chi connectivity index (χ0) is 13.5. The summed E-state index contributed by atoms with van der Waals surface area (Å²) in [7, 11) is 0. The van der Waals surface area contributed by atoms with Crippen LogP contribution in [0.25, 0.3) is 0 Å². The molecule has 0 aromatic rings. The van der Waals surface area contributed by atoms with Crippen molar-refractivity contribution in [1.82, 2.24) is 10.2 Å². The van der Waals surface area contributed by atoms with Crippen LogP contribution in [0.3, 0.4) is 0 Å². The van der Waals surface area contributed by atoms with Crippen molar-refractivity contribution < 1.29 is 5.11 Å². The molecule has 3 nitrogen and oxygen atoms in total. The topological polar surface area (TPSA) is 35.5 Å². The molecule has 0 aromatic carbocycles. The number of hydrogen-bond donors (Lipinski definition) is 2. The van der Waals surface area contributed by atoms with Gasteiger partial charge in [0.2, 0.25) is 0 Å². The van der Waals surface area contributed by atoms with Crippen LogP contribution in [0, 0.1) is 5.92 Å². The second-order valence-corrected chi connectivity index (χ2v) is 6.37. The average Bonchev–Trinajstić information content (AvgIpc) is 2.86. The van der Waals surface area contributed by atoms with Crippen molar-refractivity contribution in [3.63, 3.8) is 0 Å². The minimum Gasteiger partial charge on any atom is -0.396 e. The fourth-order valence-corrected chi connectivity index (χ4v) is 4.05. The highest BCUT2D eigenvalue weighted by Crippen LogP contribution is 2.29. The van der Waals surface area contributed by atoms with Gasteiger partial charge < -0.3 is 15.3 Å². The first-order valence-electron chi connectivity index (χ1n) is 8.43. The Kier molecular flexibility index (Phi) is 6.62. The largest absolute Gasteiger partial charge is 0.396 e. The molecule has 1 saturated carbocycles. The third-order valence-corrected chi connectivity index (χ3v) is 5.04. The van der Waals surface area contributed by atoms with Gasteiger partial charge in [-0.1, -0.05) is 19.8 Å². The van der Waals surface area contributed by atoms with Crippen LogP contribution < -0.4 is 5.32 Å². The highest BCUT2D eigenvalue weighted by molar-refractivity contribution is 4.87. The van der Waals surface area contributed by atoms with E-state index in [1.54, 1.807) is 0 Å². The van der Waals surface area contributed by atoms with E-state index in [0.717, 1.165) is 31.0 Å². The third-order valence-electron chi connectivity index (χ3n) is 5.04. The summed E-state index contributed by atoms with van der Waals surface area (Å²) in [5, 5.41) is 12.7. The first kappa shape index (κ1) is 15.3. The van der Waals surface area contributed by atoms with Gasteiger partial charge in [-0.2, -0.15) is 0 Å². The second-order valence-electron chi connectivity index (χ2n) is 6.37. The van der Waals surface area contributed by atoms with E-state index in [9.17, 15) is 0 Å². The van der Waals surface area contributed by atoms with E-state index in [-0.39, 0.29) is 0 Å². The number of aliphatic hydroxyl groups is 1. The molecule has 2 fully saturated rings. The molecule has 19 heavy (non-hydrogen) atoms. The van der Waals surface area contributed by atoms with Gasteiger partial charge in [0.15, 0.2) is 0 Å². The predicted molar refractivity (Wildman–Crippen MR) is 80.3 cm³/mol. The number of nitrogens with zero attached hydrogens (tertiary/aromatic N) is 1. The Morgan fingerprint density at radius 3 is 2.79 bits per heavy atom. The van der Waals surface area contributed by atoms with Gasteiger partial charge in [-0.05, 0) is 57.5 Å². The summed E-state index contributed by atoms with van der Waals surface area (Å²) < 4.78 is 0. The van der Waals surface area contributed by atoms with Crippen LogP contribution in [0.5, 0.6) is 0 Å². The van der Waals surface area contributed by atoms with Crippen molar-refractivity contribution in [3.8, 4) is 0 Å². The molecule has 0 amide bonds. The van der Waals surface area contributed by atoms with Crippen molar-refractivity contribution in [2.75, 3.05) is 26.2 Å². The SMILES string of the molecule is CCNC1CCCCC1CN1CCCC1CCCO. The maximum atomic E-state index is 9.02. The number of aliphatic hydroxyl groups excluding tert-OH is 1. The summed E-state index contributed by atoms with van der Waals surface area (Å²) in [5.41, 5.74) is 0. The summed E-state index contributed by atoms with van der Waals surface area (Å²) in [6.07, 6.45) is 10.5. The molecule has 1 aliphatic heterocycles. The van der Waals surface area contributed by atoms with Crippen LogP contribution in [0.2, 0.25) is 0 Å². The smallest absolute Gasteiger partial charge is 0.0431 e. The van der Waals surface area contributed by atoms with E-state index in [2.05, 4.69) is 17.1 Å². The molecule has 0 bridgehead atoms. The molecule has 0 radical (unpaired) electrons. The molecular weight excluding hydrogens is 236 g/mol. The molecule has 3 unspecified atom stereocenters. The Hall–Kier alpha value is -0.120. The predicted octanol–water partition coefficient (Wildman–Crippen LogP) is 2.39. The zero-order valence-electron chi connectivity index (χ0n) is 12.6. The summed E-state index contributed by atoms with van der Waals surface area (Å²) in [4.78, 5) is 2.72. The van der Waals surface area contributed by atoms with E-state index in [1.165, 1.54) is 58.0 Å². The third kappa shape index (κ3) is 4.44. The maximum Gasteiger partial charge on any atom is 0.0431 e. The fraction of sp³-hybridized carbons (Fsp3) is 1.00. The molecular formula is C16H32N2O. The minimum absolute atomic E-state index is 0.355.